The molecule has 0 saturated heterocycles. The van der Waals surface area contributed by atoms with Crippen LogP contribution in [0.3, 0.4) is 0 Å². The summed E-state index contributed by atoms with van der Waals surface area (Å²) in [6.45, 7) is 3.77. The second-order valence-corrected chi connectivity index (χ2v) is 7.46. The first kappa shape index (κ1) is 19.1. The van der Waals surface area contributed by atoms with E-state index in [9.17, 15) is 9.59 Å². The van der Waals surface area contributed by atoms with Gasteiger partial charge >= 0.3 is 0 Å². The summed E-state index contributed by atoms with van der Waals surface area (Å²) in [6.07, 6.45) is 0. The van der Waals surface area contributed by atoms with E-state index in [1.165, 1.54) is 0 Å². The molecule has 5 nitrogen and oxygen atoms in total. The Labute approximate surface area is 163 Å². The molecule has 2 amide bonds. The van der Waals surface area contributed by atoms with Crippen LogP contribution in [0.2, 0.25) is 0 Å². The molecule has 0 spiro atoms. The van der Waals surface area contributed by atoms with Gasteiger partial charge in [0.15, 0.2) is 13.1 Å². The van der Waals surface area contributed by atoms with Crippen molar-refractivity contribution in [2.24, 2.45) is 0 Å². The fourth-order valence-corrected chi connectivity index (χ4v) is 3.54. The Bertz CT molecular complexity index is 909. The topological polar surface area (TPSA) is 62.6 Å². The molecule has 1 unspecified atom stereocenters. The molecule has 0 fully saturated rings. The maximum absolute atomic E-state index is 12.4. The zero-order valence-electron chi connectivity index (χ0n) is 15.3. The highest BCUT2D eigenvalue weighted by molar-refractivity contribution is 7.09. The number of fused-ring (bicyclic) bond motifs is 1. The minimum Gasteiger partial charge on any atom is -0.346 e. The summed E-state index contributed by atoms with van der Waals surface area (Å²) in [5.41, 5.74) is 0.774. The van der Waals surface area contributed by atoms with Gasteiger partial charge in [-0.25, -0.2) is 0 Å². The van der Waals surface area contributed by atoms with Crippen LogP contribution in [0.5, 0.6) is 0 Å². The van der Waals surface area contributed by atoms with E-state index in [0.29, 0.717) is 13.1 Å². The largest absolute Gasteiger partial charge is 0.346 e. The van der Waals surface area contributed by atoms with Crippen LogP contribution in [-0.4, -0.2) is 31.4 Å². The molecule has 3 rings (SSSR count). The van der Waals surface area contributed by atoms with Gasteiger partial charge in [0.25, 0.3) is 11.8 Å². The van der Waals surface area contributed by atoms with Gasteiger partial charge in [-0.3, -0.25) is 9.59 Å². The Hall–Kier alpha value is -2.70. The molecule has 140 valence electrons. The number of nitrogens with one attached hydrogen (secondary N) is 3. The molecule has 2 aromatic carbocycles. The molecule has 0 aliphatic rings. The summed E-state index contributed by atoms with van der Waals surface area (Å²) in [4.78, 5) is 26.6. The summed E-state index contributed by atoms with van der Waals surface area (Å²) in [5, 5.41) is 10.1. The number of carbonyl (C=O) groups excluding carboxylic acids is 2. The van der Waals surface area contributed by atoms with Crippen LogP contribution in [0.1, 0.15) is 11.8 Å². The minimum absolute atomic E-state index is 0.0428. The predicted octanol–water partition coefficient (Wildman–Crippen LogP) is 2.06. The maximum Gasteiger partial charge on any atom is 0.279 e. The van der Waals surface area contributed by atoms with Crippen molar-refractivity contribution in [1.82, 2.24) is 5.32 Å². The molecular weight excluding hydrogens is 358 g/mol. The molecule has 27 heavy (non-hydrogen) atoms. The fourth-order valence-electron chi connectivity index (χ4n) is 2.90. The zero-order chi connectivity index (χ0) is 19.1. The number of carbonyl (C=O) groups is 2. The zero-order valence-corrected chi connectivity index (χ0v) is 16.1. The van der Waals surface area contributed by atoms with Crippen LogP contribution in [0.25, 0.3) is 10.8 Å². The highest BCUT2D eigenvalue weighted by Crippen LogP contribution is 2.18. The first-order chi connectivity index (χ1) is 13.1. The quantitative estimate of drug-likeness (QED) is 0.558. The molecule has 3 aromatic rings. The van der Waals surface area contributed by atoms with Gasteiger partial charge in [-0.15, -0.1) is 11.3 Å². The molecule has 1 heterocycles. The molecule has 0 radical (unpaired) electrons. The lowest BCUT2D eigenvalue weighted by molar-refractivity contribution is -0.881. The molecule has 0 aliphatic carbocycles. The molecule has 6 heteroatoms. The SMILES string of the molecule is CC[NH+](CC(=O)NCc1cccs1)CC(=O)Nc1ccc2ccccc2c1. The number of quaternary nitrogens is 1. The first-order valence-corrected chi connectivity index (χ1v) is 9.93. The third kappa shape index (κ3) is 5.64. The highest BCUT2D eigenvalue weighted by Gasteiger charge is 2.16. The van der Waals surface area contributed by atoms with Crippen molar-refractivity contribution in [3.8, 4) is 0 Å². The third-order valence-electron chi connectivity index (χ3n) is 4.39. The predicted molar refractivity (Wildman–Crippen MR) is 110 cm³/mol. The second-order valence-electron chi connectivity index (χ2n) is 6.42. The van der Waals surface area contributed by atoms with Gasteiger partial charge in [-0.05, 0) is 41.3 Å². The summed E-state index contributed by atoms with van der Waals surface area (Å²) in [6, 6.07) is 17.8. The van der Waals surface area contributed by atoms with Crippen molar-refractivity contribution < 1.29 is 14.5 Å². The second kappa shape index (κ2) is 9.30. The third-order valence-corrected chi connectivity index (χ3v) is 5.27. The van der Waals surface area contributed by atoms with Gasteiger partial charge < -0.3 is 15.5 Å². The maximum atomic E-state index is 12.4. The smallest absolute Gasteiger partial charge is 0.279 e. The number of hydrogen-bond acceptors (Lipinski definition) is 3. The van der Waals surface area contributed by atoms with Crippen LogP contribution in [0.15, 0.2) is 60.0 Å². The number of rotatable bonds is 8. The number of benzene rings is 2. The Morgan fingerprint density at radius 1 is 0.963 bits per heavy atom. The molecule has 1 aromatic heterocycles. The van der Waals surface area contributed by atoms with Crippen LogP contribution in [0.4, 0.5) is 5.69 Å². The van der Waals surface area contributed by atoms with Gasteiger partial charge in [0.1, 0.15) is 0 Å². The number of likely N-dealkylation sites (N-methyl/N-ethyl adjacent to an activating group) is 1. The van der Waals surface area contributed by atoms with E-state index in [0.717, 1.165) is 26.2 Å². The Morgan fingerprint density at radius 3 is 2.48 bits per heavy atom. The van der Waals surface area contributed by atoms with Crippen LogP contribution in [0, 0.1) is 0 Å². The van der Waals surface area contributed by atoms with E-state index >= 15 is 0 Å². The van der Waals surface area contributed by atoms with E-state index < -0.39 is 0 Å². The Kier molecular flexibility index (Phi) is 6.57. The molecule has 0 aliphatic heterocycles. The standard InChI is InChI=1S/C21H23N3O2S/c1-2-24(14-20(25)22-13-19-8-5-11-27-19)15-21(26)23-18-10-9-16-6-3-4-7-17(16)12-18/h3-12H,2,13-15H2,1H3,(H,22,25)(H,23,26)/p+1. The van der Waals surface area contributed by atoms with Gasteiger partial charge in [-0.2, -0.15) is 0 Å². The van der Waals surface area contributed by atoms with Gasteiger partial charge in [0.2, 0.25) is 0 Å². The lowest BCUT2D eigenvalue weighted by Gasteiger charge is -2.17. The molecule has 1 atom stereocenters. The van der Waals surface area contributed by atoms with E-state index in [1.807, 2.05) is 66.9 Å². The molecule has 0 bridgehead atoms. The Morgan fingerprint density at radius 2 is 1.74 bits per heavy atom. The first-order valence-electron chi connectivity index (χ1n) is 9.05. The molecular formula is C21H24N3O2S+. The summed E-state index contributed by atoms with van der Waals surface area (Å²) in [5.74, 6) is -0.132. The summed E-state index contributed by atoms with van der Waals surface area (Å²) < 4.78 is 0. The van der Waals surface area contributed by atoms with Crippen LogP contribution >= 0.6 is 11.3 Å². The van der Waals surface area contributed by atoms with E-state index in [4.69, 9.17) is 0 Å². The average molecular weight is 383 g/mol. The van der Waals surface area contributed by atoms with Gasteiger partial charge in [0, 0.05) is 10.6 Å². The Balaban J connectivity index is 1.50. The van der Waals surface area contributed by atoms with Gasteiger partial charge in [0.05, 0.1) is 13.1 Å². The normalized spacial score (nSPS) is 11.9. The fraction of sp³-hybridized carbons (Fsp3) is 0.238. The molecule has 0 saturated carbocycles. The lowest BCUT2D eigenvalue weighted by atomic mass is 10.1. The number of amides is 2. The van der Waals surface area contributed by atoms with E-state index in [2.05, 4.69) is 10.6 Å². The van der Waals surface area contributed by atoms with Crippen molar-refractivity contribution in [3.05, 3.63) is 64.9 Å². The minimum atomic E-state index is -0.0896. The number of anilines is 1. The average Bonchev–Trinajstić information content (AvgIpc) is 3.19. The van der Waals surface area contributed by atoms with E-state index in [1.54, 1.807) is 11.3 Å². The van der Waals surface area contributed by atoms with Crippen molar-refractivity contribution in [1.29, 1.82) is 0 Å². The number of thiophene rings is 1. The van der Waals surface area contributed by atoms with Gasteiger partial charge in [-0.1, -0.05) is 36.4 Å². The van der Waals surface area contributed by atoms with Crippen molar-refractivity contribution in [2.45, 2.75) is 13.5 Å². The van der Waals surface area contributed by atoms with Crippen molar-refractivity contribution >= 4 is 39.6 Å². The monoisotopic (exact) mass is 382 g/mol. The summed E-state index contributed by atoms with van der Waals surface area (Å²) in [7, 11) is 0. The van der Waals surface area contributed by atoms with Crippen LogP contribution in [-0.2, 0) is 16.1 Å². The van der Waals surface area contributed by atoms with Crippen molar-refractivity contribution in [2.75, 3.05) is 25.0 Å². The summed E-state index contributed by atoms with van der Waals surface area (Å²) >= 11 is 1.62. The molecule has 3 N–H and O–H groups in total. The highest BCUT2D eigenvalue weighted by atomic mass is 32.1. The van der Waals surface area contributed by atoms with Crippen LogP contribution < -0.4 is 15.5 Å². The number of hydrogen-bond donors (Lipinski definition) is 3. The van der Waals surface area contributed by atoms with E-state index in [-0.39, 0.29) is 24.9 Å². The van der Waals surface area contributed by atoms with Crippen molar-refractivity contribution in [3.63, 3.8) is 0 Å². The lowest BCUT2D eigenvalue weighted by Crippen LogP contribution is -3.13.